The molecule has 2 heteroatoms. The van der Waals surface area contributed by atoms with Gasteiger partial charge >= 0.3 is 0 Å². The Kier molecular flexibility index (Phi) is 5.37. The topological polar surface area (TPSA) is 37.3 Å². The summed E-state index contributed by atoms with van der Waals surface area (Å²) >= 11 is 0. The zero-order valence-corrected chi connectivity index (χ0v) is 11.2. The Morgan fingerprint density at radius 1 is 1.22 bits per heavy atom. The van der Waals surface area contributed by atoms with Crippen molar-refractivity contribution in [3.8, 4) is 5.75 Å². The Labute approximate surface area is 109 Å². The minimum absolute atomic E-state index is 0.0378. The van der Waals surface area contributed by atoms with Crippen molar-refractivity contribution in [3.63, 3.8) is 0 Å². The van der Waals surface area contributed by atoms with Crippen molar-refractivity contribution < 1.29 is 9.90 Å². The molecule has 1 aromatic carbocycles. The largest absolute Gasteiger partial charge is 0.507 e. The molecule has 0 aromatic heterocycles. The Balaban J connectivity index is 2.69. The molecule has 18 heavy (non-hydrogen) atoms. The van der Waals surface area contributed by atoms with Crippen LogP contribution in [-0.2, 0) is 0 Å². The lowest BCUT2D eigenvalue weighted by Gasteiger charge is -2.01. The molecule has 0 radical (unpaired) electrons. The summed E-state index contributed by atoms with van der Waals surface area (Å²) in [6.07, 6.45) is 5.57. The summed E-state index contributed by atoms with van der Waals surface area (Å²) < 4.78 is 0. The summed E-state index contributed by atoms with van der Waals surface area (Å²) in [5.41, 5.74) is 2.68. The third-order valence-electron chi connectivity index (χ3n) is 2.64. The van der Waals surface area contributed by atoms with Crippen LogP contribution in [0.2, 0.25) is 0 Å². The monoisotopic (exact) mass is 244 g/mol. The second-order valence-electron chi connectivity index (χ2n) is 4.69. The maximum absolute atomic E-state index is 11.9. The number of aromatic hydroxyl groups is 1. The summed E-state index contributed by atoms with van der Waals surface area (Å²) in [6.45, 7) is 6.06. The van der Waals surface area contributed by atoms with Gasteiger partial charge in [-0.1, -0.05) is 29.4 Å². The van der Waals surface area contributed by atoms with E-state index in [1.54, 1.807) is 24.3 Å². The van der Waals surface area contributed by atoms with E-state index in [1.165, 1.54) is 11.6 Å². The van der Waals surface area contributed by atoms with Crippen LogP contribution in [0.25, 0.3) is 0 Å². The first-order chi connectivity index (χ1) is 8.50. The van der Waals surface area contributed by atoms with Gasteiger partial charge in [0.05, 0.1) is 5.56 Å². The number of allylic oxidation sites excluding steroid dienone is 4. The minimum Gasteiger partial charge on any atom is -0.507 e. The zero-order valence-electron chi connectivity index (χ0n) is 11.2. The van der Waals surface area contributed by atoms with Gasteiger partial charge in [0.1, 0.15) is 5.75 Å². The Morgan fingerprint density at radius 3 is 2.50 bits per heavy atom. The van der Waals surface area contributed by atoms with Crippen LogP contribution in [0.1, 0.15) is 44.0 Å². The maximum atomic E-state index is 11.9. The summed E-state index contributed by atoms with van der Waals surface area (Å²) in [5.74, 6) is -0.0985. The highest BCUT2D eigenvalue weighted by atomic mass is 16.3. The van der Waals surface area contributed by atoms with Crippen molar-refractivity contribution in [3.05, 3.63) is 53.1 Å². The highest BCUT2D eigenvalue weighted by Crippen LogP contribution is 2.18. The lowest BCUT2D eigenvalue weighted by atomic mass is 10.0. The molecule has 0 fully saturated rings. The van der Waals surface area contributed by atoms with E-state index in [-0.39, 0.29) is 11.5 Å². The number of phenolic OH excluding ortho intramolecular Hbond substituents is 1. The molecule has 1 N–H and O–H groups in total. The quantitative estimate of drug-likeness (QED) is 0.477. The zero-order chi connectivity index (χ0) is 13.5. The van der Waals surface area contributed by atoms with Crippen molar-refractivity contribution in [1.82, 2.24) is 0 Å². The van der Waals surface area contributed by atoms with Gasteiger partial charge < -0.3 is 5.11 Å². The van der Waals surface area contributed by atoms with E-state index in [0.29, 0.717) is 5.56 Å². The fraction of sp³-hybridized carbons (Fsp3) is 0.312. The van der Waals surface area contributed by atoms with Crippen molar-refractivity contribution in [2.45, 2.75) is 33.6 Å². The summed E-state index contributed by atoms with van der Waals surface area (Å²) in [7, 11) is 0. The Morgan fingerprint density at radius 2 is 1.89 bits per heavy atom. The van der Waals surface area contributed by atoms with Gasteiger partial charge in [0, 0.05) is 0 Å². The standard InChI is InChI=1S/C16H20O2/c1-12(2)7-6-8-13(3)11-16(18)14-9-4-5-10-15(14)17/h4-5,7,9-11,17H,6,8H2,1-3H3/b13-11+. The number of carbonyl (C=O) groups excluding carboxylic acids is 1. The minimum atomic E-state index is -0.136. The van der Waals surface area contributed by atoms with Crippen molar-refractivity contribution in [1.29, 1.82) is 0 Å². The molecule has 96 valence electrons. The molecule has 0 unspecified atom stereocenters. The summed E-state index contributed by atoms with van der Waals surface area (Å²) in [4.78, 5) is 11.9. The maximum Gasteiger partial charge on any atom is 0.189 e. The van der Waals surface area contributed by atoms with Gasteiger partial charge in [-0.3, -0.25) is 4.79 Å². The van der Waals surface area contributed by atoms with Crippen LogP contribution in [0, 0.1) is 0 Å². The molecule has 1 aromatic rings. The molecule has 0 spiro atoms. The van der Waals surface area contributed by atoms with Crippen LogP contribution < -0.4 is 0 Å². The molecule has 0 amide bonds. The van der Waals surface area contributed by atoms with E-state index >= 15 is 0 Å². The summed E-state index contributed by atoms with van der Waals surface area (Å²) in [6, 6.07) is 6.62. The third kappa shape index (κ3) is 4.58. The van der Waals surface area contributed by atoms with Gasteiger partial charge in [-0.2, -0.15) is 0 Å². The molecule has 0 aliphatic heterocycles. The van der Waals surface area contributed by atoms with Gasteiger partial charge in [-0.25, -0.2) is 0 Å². The number of ketones is 1. The molecule has 0 aliphatic rings. The molecule has 0 aliphatic carbocycles. The van der Waals surface area contributed by atoms with Gasteiger partial charge in [-0.05, 0) is 51.8 Å². The van der Waals surface area contributed by atoms with Crippen molar-refractivity contribution >= 4 is 5.78 Å². The van der Waals surface area contributed by atoms with Crippen LogP contribution in [0.3, 0.4) is 0 Å². The van der Waals surface area contributed by atoms with E-state index in [2.05, 4.69) is 19.9 Å². The Hall–Kier alpha value is -1.83. The number of phenols is 1. The first-order valence-corrected chi connectivity index (χ1v) is 6.13. The number of benzene rings is 1. The average molecular weight is 244 g/mol. The van der Waals surface area contributed by atoms with E-state index in [0.717, 1.165) is 18.4 Å². The average Bonchev–Trinajstić information content (AvgIpc) is 2.28. The van der Waals surface area contributed by atoms with Gasteiger partial charge in [0.25, 0.3) is 0 Å². The van der Waals surface area contributed by atoms with Gasteiger partial charge in [0.2, 0.25) is 0 Å². The SMILES string of the molecule is CC(C)=CCC/C(C)=C/C(=O)c1ccccc1O. The molecular weight excluding hydrogens is 224 g/mol. The molecule has 0 heterocycles. The molecule has 1 rings (SSSR count). The summed E-state index contributed by atoms with van der Waals surface area (Å²) in [5, 5.41) is 9.58. The smallest absolute Gasteiger partial charge is 0.189 e. The second kappa shape index (κ2) is 6.80. The predicted molar refractivity (Wildman–Crippen MR) is 74.9 cm³/mol. The van der Waals surface area contributed by atoms with Crippen LogP contribution >= 0.6 is 0 Å². The molecular formula is C16H20O2. The van der Waals surface area contributed by atoms with E-state index in [9.17, 15) is 9.90 Å². The number of rotatable bonds is 5. The number of para-hydroxylation sites is 1. The first-order valence-electron chi connectivity index (χ1n) is 6.13. The molecule has 2 nitrogen and oxygen atoms in total. The predicted octanol–water partition coefficient (Wildman–Crippen LogP) is 4.27. The number of carbonyl (C=O) groups is 1. The van der Waals surface area contributed by atoms with Crippen LogP contribution in [-0.4, -0.2) is 10.9 Å². The highest BCUT2D eigenvalue weighted by molar-refractivity contribution is 6.06. The van der Waals surface area contributed by atoms with Crippen LogP contribution in [0.15, 0.2) is 47.6 Å². The lowest BCUT2D eigenvalue weighted by Crippen LogP contribution is -1.96. The van der Waals surface area contributed by atoms with E-state index < -0.39 is 0 Å². The number of hydrogen-bond donors (Lipinski definition) is 1. The lowest BCUT2D eigenvalue weighted by molar-refractivity contribution is 0.104. The van der Waals surface area contributed by atoms with Gasteiger partial charge in [-0.15, -0.1) is 0 Å². The fourth-order valence-electron chi connectivity index (χ4n) is 1.64. The Bertz CT molecular complexity index is 478. The van der Waals surface area contributed by atoms with E-state index in [1.807, 2.05) is 6.92 Å². The van der Waals surface area contributed by atoms with Crippen molar-refractivity contribution in [2.24, 2.45) is 0 Å². The highest BCUT2D eigenvalue weighted by Gasteiger charge is 2.07. The fourth-order valence-corrected chi connectivity index (χ4v) is 1.64. The van der Waals surface area contributed by atoms with E-state index in [4.69, 9.17) is 0 Å². The molecule has 0 saturated heterocycles. The number of hydrogen-bond acceptors (Lipinski definition) is 2. The normalized spacial score (nSPS) is 11.2. The first kappa shape index (κ1) is 14.2. The molecule has 0 atom stereocenters. The van der Waals surface area contributed by atoms with Crippen LogP contribution in [0.5, 0.6) is 5.75 Å². The molecule has 0 saturated carbocycles. The second-order valence-corrected chi connectivity index (χ2v) is 4.69. The molecule has 0 bridgehead atoms. The van der Waals surface area contributed by atoms with Crippen LogP contribution in [0.4, 0.5) is 0 Å². The van der Waals surface area contributed by atoms with Crippen molar-refractivity contribution in [2.75, 3.05) is 0 Å². The van der Waals surface area contributed by atoms with Gasteiger partial charge in [0.15, 0.2) is 5.78 Å². The third-order valence-corrected chi connectivity index (χ3v) is 2.64.